The first-order valence-corrected chi connectivity index (χ1v) is 9.71. The predicted octanol–water partition coefficient (Wildman–Crippen LogP) is 2.19. The molecule has 7 heteroatoms. The highest BCUT2D eigenvalue weighted by atomic mass is 16.7. The van der Waals surface area contributed by atoms with Gasteiger partial charge in [0.2, 0.25) is 11.8 Å². The third-order valence-electron chi connectivity index (χ3n) is 7.14. The van der Waals surface area contributed by atoms with Gasteiger partial charge in [-0.3, -0.25) is 9.59 Å². The Morgan fingerprint density at radius 3 is 2.55 bits per heavy atom. The molecule has 4 fully saturated rings. The Balaban J connectivity index is 1.52. The molecule has 1 N–H and O–H groups in total. The number of imide groups is 1. The fraction of sp³-hybridized carbons (Fsp3) is 0.409. The van der Waals surface area contributed by atoms with Gasteiger partial charge in [0.05, 0.1) is 24.1 Å². The monoisotopic (exact) mass is 390 g/mol. The summed E-state index contributed by atoms with van der Waals surface area (Å²) in [5.74, 6) is -1.91. The maximum Gasteiger partial charge on any atom is 0.240 e. The van der Waals surface area contributed by atoms with Crippen LogP contribution in [-0.4, -0.2) is 46.9 Å². The van der Waals surface area contributed by atoms with Crippen LogP contribution in [0.2, 0.25) is 0 Å². The zero-order valence-corrected chi connectivity index (χ0v) is 15.7. The number of hydrogen-bond acceptors (Lipinski definition) is 5. The fourth-order valence-electron chi connectivity index (χ4n) is 5.99. The van der Waals surface area contributed by atoms with E-state index in [0.717, 1.165) is 0 Å². The zero-order valence-electron chi connectivity index (χ0n) is 15.7. The number of nitrogens with zero attached hydrogens (tertiary/aromatic N) is 2. The Hall–Kier alpha value is -2.79. The highest BCUT2D eigenvalue weighted by molar-refractivity contribution is 6.26. The summed E-state index contributed by atoms with van der Waals surface area (Å²) in [5.41, 5.74) is -0.843. The second-order valence-corrected chi connectivity index (χ2v) is 8.42. The first kappa shape index (κ1) is 17.1. The molecule has 0 saturated carbocycles. The Labute approximate surface area is 166 Å². The van der Waals surface area contributed by atoms with E-state index < -0.39 is 23.0 Å². The molecule has 0 radical (unpaired) electrons. The number of fused-ring (bicyclic) bond motifs is 9. The van der Waals surface area contributed by atoms with Gasteiger partial charge in [-0.15, -0.1) is 0 Å². The van der Waals surface area contributed by atoms with Gasteiger partial charge >= 0.3 is 0 Å². The van der Waals surface area contributed by atoms with Crippen molar-refractivity contribution in [2.75, 3.05) is 11.5 Å². The molecule has 4 heterocycles. The third kappa shape index (κ3) is 1.79. The molecular formula is C22H18N2O5. The number of aliphatic hydroxyl groups excluding tert-OH is 1. The van der Waals surface area contributed by atoms with Crippen LogP contribution in [-0.2, 0) is 19.1 Å². The van der Waals surface area contributed by atoms with Crippen LogP contribution in [0.4, 0.5) is 11.4 Å². The summed E-state index contributed by atoms with van der Waals surface area (Å²) in [6.07, 6.45) is -0.207. The lowest BCUT2D eigenvalue weighted by Crippen LogP contribution is -2.47. The molecule has 29 heavy (non-hydrogen) atoms. The van der Waals surface area contributed by atoms with Crippen LogP contribution >= 0.6 is 0 Å². The van der Waals surface area contributed by atoms with Gasteiger partial charge in [0.15, 0.2) is 5.69 Å². The first-order chi connectivity index (χ1) is 14.0. The van der Waals surface area contributed by atoms with Crippen LogP contribution in [0.15, 0.2) is 36.4 Å². The van der Waals surface area contributed by atoms with Gasteiger partial charge in [0.25, 0.3) is 0 Å². The molecule has 2 amide bonds. The van der Waals surface area contributed by atoms with Crippen LogP contribution in [0, 0.1) is 18.4 Å². The number of amides is 2. The van der Waals surface area contributed by atoms with Gasteiger partial charge in [-0.2, -0.15) is 0 Å². The number of carbonyl (C=O) groups excluding carboxylic acids is 2. The van der Waals surface area contributed by atoms with E-state index in [4.69, 9.17) is 16.0 Å². The van der Waals surface area contributed by atoms with Crippen LogP contribution in [0.25, 0.3) is 15.6 Å². The number of rotatable bonds is 3. The van der Waals surface area contributed by atoms with Gasteiger partial charge in [0, 0.05) is 13.0 Å². The maximum absolute atomic E-state index is 13.6. The van der Waals surface area contributed by atoms with Gasteiger partial charge in [-0.25, -0.2) is 9.74 Å². The molecule has 4 saturated heterocycles. The highest BCUT2D eigenvalue weighted by Crippen LogP contribution is 2.69. The summed E-state index contributed by atoms with van der Waals surface area (Å²) in [5, 5.41) is 11.0. The van der Waals surface area contributed by atoms with Crippen LogP contribution < -0.4 is 4.90 Å². The van der Waals surface area contributed by atoms with Crippen molar-refractivity contribution in [3.63, 3.8) is 0 Å². The topological polar surface area (TPSA) is 83.7 Å². The summed E-state index contributed by atoms with van der Waals surface area (Å²) in [6.45, 7) is 9.10. The minimum absolute atomic E-state index is 0.143. The number of ether oxygens (including phenoxy) is 2. The van der Waals surface area contributed by atoms with Crippen molar-refractivity contribution in [2.45, 2.75) is 36.8 Å². The molecule has 6 rings (SSSR count). The molecule has 4 aliphatic heterocycles. The minimum Gasteiger partial charge on any atom is -0.396 e. The number of epoxide rings is 1. The molecule has 0 aliphatic carbocycles. The van der Waals surface area contributed by atoms with E-state index in [1.807, 2.05) is 31.2 Å². The van der Waals surface area contributed by atoms with Crippen molar-refractivity contribution in [3.05, 3.63) is 47.8 Å². The largest absolute Gasteiger partial charge is 0.396 e. The minimum atomic E-state index is -0.952. The molecule has 2 aromatic rings. The molecule has 0 aromatic heterocycles. The van der Waals surface area contributed by atoms with Crippen LogP contribution in [0.5, 0.6) is 0 Å². The first-order valence-electron chi connectivity index (χ1n) is 9.71. The van der Waals surface area contributed by atoms with Crippen molar-refractivity contribution >= 4 is 34.0 Å². The Morgan fingerprint density at radius 2 is 1.83 bits per heavy atom. The summed E-state index contributed by atoms with van der Waals surface area (Å²) >= 11 is 0. The molecule has 6 atom stereocenters. The molecule has 0 spiro atoms. The number of benzene rings is 2. The molecular weight excluding hydrogens is 372 g/mol. The summed E-state index contributed by atoms with van der Waals surface area (Å²) in [7, 11) is 0. The van der Waals surface area contributed by atoms with Gasteiger partial charge in [-0.1, -0.05) is 30.3 Å². The molecule has 4 aliphatic rings. The molecule has 2 aromatic carbocycles. The second kappa shape index (κ2) is 5.22. The standard InChI is InChI=1S/C22H18N2O5/c1-21-15-16(22(29-21,9-10-25)18-17(21)28-18)20(27)24(19(15)26)14-8-7-13(23-2)11-5-3-4-6-12(11)14/h3-8,15-18,25H,9-10H2,1H3/t15-,16+,17-,18+,21?,22?/m1/s1. The van der Waals surface area contributed by atoms with E-state index in [1.54, 1.807) is 12.1 Å². The quantitative estimate of drug-likeness (QED) is 0.493. The Kier molecular flexibility index (Phi) is 3.08. The van der Waals surface area contributed by atoms with Gasteiger partial charge in [-0.05, 0) is 23.8 Å². The molecule has 2 bridgehead atoms. The third-order valence-corrected chi connectivity index (χ3v) is 7.14. The smallest absolute Gasteiger partial charge is 0.240 e. The normalized spacial score (nSPS) is 39.0. The van der Waals surface area contributed by atoms with Crippen LogP contribution in [0.1, 0.15) is 13.3 Å². The molecule has 7 nitrogen and oxygen atoms in total. The van der Waals surface area contributed by atoms with E-state index in [2.05, 4.69) is 4.85 Å². The SMILES string of the molecule is [C-]#[N+]c1ccc(N2C(=O)[C@@H]3[C@H](C2=O)C2(C)OC3(CCO)[C@H]3O[C@H]32)c2ccccc12. The molecule has 2 unspecified atom stereocenters. The zero-order chi connectivity index (χ0) is 20.1. The lowest BCUT2D eigenvalue weighted by atomic mass is 9.67. The second-order valence-electron chi connectivity index (χ2n) is 8.42. The molecule has 146 valence electrons. The highest BCUT2D eigenvalue weighted by Gasteiger charge is 2.86. The predicted molar refractivity (Wildman–Crippen MR) is 102 cm³/mol. The van der Waals surface area contributed by atoms with Crippen molar-refractivity contribution in [3.8, 4) is 0 Å². The lowest BCUT2D eigenvalue weighted by molar-refractivity contribution is -0.146. The number of carbonyl (C=O) groups is 2. The van der Waals surface area contributed by atoms with E-state index in [1.165, 1.54) is 4.90 Å². The van der Waals surface area contributed by atoms with Gasteiger partial charge in [0.1, 0.15) is 23.4 Å². The van der Waals surface area contributed by atoms with E-state index >= 15 is 0 Å². The van der Waals surface area contributed by atoms with Crippen molar-refractivity contribution in [1.29, 1.82) is 0 Å². The number of anilines is 1. The summed E-state index contributed by atoms with van der Waals surface area (Å²) in [4.78, 5) is 32.0. The summed E-state index contributed by atoms with van der Waals surface area (Å²) in [6, 6.07) is 10.6. The van der Waals surface area contributed by atoms with Crippen molar-refractivity contribution < 1.29 is 24.2 Å². The average molecular weight is 390 g/mol. The Bertz CT molecular complexity index is 1160. The average Bonchev–Trinajstić information content (AvgIpc) is 3.38. The number of hydrogen-bond donors (Lipinski definition) is 1. The van der Waals surface area contributed by atoms with Crippen molar-refractivity contribution in [2.24, 2.45) is 11.8 Å². The van der Waals surface area contributed by atoms with Crippen LogP contribution in [0.3, 0.4) is 0 Å². The van der Waals surface area contributed by atoms with E-state index in [-0.39, 0.29) is 37.0 Å². The lowest BCUT2D eigenvalue weighted by Gasteiger charge is -2.31. The van der Waals surface area contributed by atoms with E-state index in [0.29, 0.717) is 22.1 Å². The number of aliphatic hydroxyl groups is 1. The van der Waals surface area contributed by atoms with E-state index in [9.17, 15) is 14.7 Å². The van der Waals surface area contributed by atoms with Gasteiger partial charge < -0.3 is 14.6 Å². The maximum atomic E-state index is 13.6. The summed E-state index contributed by atoms with van der Waals surface area (Å²) < 4.78 is 12.1. The Morgan fingerprint density at radius 1 is 1.10 bits per heavy atom. The van der Waals surface area contributed by atoms with Crippen molar-refractivity contribution in [1.82, 2.24) is 0 Å². The fourth-order valence-corrected chi connectivity index (χ4v) is 5.99.